The number of likely N-dealkylation sites (tertiary alicyclic amines) is 1. The Morgan fingerprint density at radius 3 is 1.48 bits per heavy atom. The number of fused-ring (bicyclic) bond motifs is 8. The fourth-order valence-electron chi connectivity index (χ4n) is 11.7. The predicted molar refractivity (Wildman–Crippen MR) is 329 cm³/mol. The molecule has 85 heavy (non-hydrogen) atoms. The number of ether oxygens (including phenoxy) is 2. The van der Waals surface area contributed by atoms with Gasteiger partial charge in [0.25, 0.3) is 0 Å². The molecule has 7 atom stereocenters. The zero-order valence-electron chi connectivity index (χ0n) is 49.2. The molecule has 0 radical (unpaired) electrons. The molecule has 0 aromatic heterocycles. The van der Waals surface area contributed by atoms with Crippen molar-refractivity contribution in [2.75, 3.05) is 32.7 Å². The molecule has 16 nitrogen and oxygen atoms in total. The first-order valence-corrected chi connectivity index (χ1v) is 30.4. The molecule has 1 unspecified atom stereocenters. The predicted octanol–water partition coefficient (Wildman–Crippen LogP) is 7.95. The topological polar surface area (TPSA) is 200 Å². The summed E-state index contributed by atoms with van der Waals surface area (Å²) in [6.07, 6.45) is 6.02. The number of carbonyl (C=O) groups is 6. The van der Waals surface area contributed by atoms with E-state index in [1.165, 1.54) is 0 Å². The minimum Gasteiger partial charge on any atom is -0.457 e. The average Bonchev–Trinajstić information content (AvgIpc) is 3.68. The summed E-state index contributed by atoms with van der Waals surface area (Å²) in [7, 11) is 0. The summed E-state index contributed by atoms with van der Waals surface area (Å²) in [5.74, 6) is 0.0314. The average molecular weight is 1150 g/mol. The Morgan fingerprint density at radius 1 is 0.541 bits per heavy atom. The lowest BCUT2D eigenvalue weighted by Crippen LogP contribution is -2.58. The molecule has 8 bridgehead atoms. The van der Waals surface area contributed by atoms with Crippen molar-refractivity contribution in [3.05, 3.63) is 191 Å². The quantitative estimate of drug-likeness (QED) is 0.0553. The van der Waals surface area contributed by atoms with Gasteiger partial charge in [0.05, 0.1) is 12.1 Å². The lowest BCUT2D eigenvalue weighted by Gasteiger charge is -2.35. The van der Waals surface area contributed by atoms with Gasteiger partial charge in [-0.1, -0.05) is 123 Å². The third kappa shape index (κ3) is 17.8. The van der Waals surface area contributed by atoms with Crippen LogP contribution in [0.25, 0.3) is 0 Å². The SMILES string of the molecule is CCNC(=O)[C@@H]1Cc2cccc(c2)Oc2cccc(c2)C[C@H](N(CC)CCC(C)NC(=O)[C@@H]2Cc3cccc(c3)Oc3cccc(c3)C[C@H](N3CCCCC3)C(=O)N[C@@H](CCc3ccccc3)C(=O)N2)C(=O)N[C@@H](CCc2ccccc2)C(=O)N1. The van der Waals surface area contributed by atoms with E-state index in [9.17, 15) is 24.0 Å². The van der Waals surface area contributed by atoms with Gasteiger partial charge >= 0.3 is 0 Å². The molecule has 1 fully saturated rings. The van der Waals surface area contributed by atoms with Gasteiger partial charge in [0, 0.05) is 32.0 Å². The van der Waals surface area contributed by atoms with E-state index in [0.29, 0.717) is 74.7 Å². The van der Waals surface area contributed by atoms with Crippen molar-refractivity contribution in [2.24, 2.45) is 0 Å². The third-order valence-electron chi connectivity index (χ3n) is 16.3. The minimum atomic E-state index is -1.06. The molecule has 0 spiro atoms. The highest BCUT2D eigenvalue weighted by atomic mass is 16.5. The molecule has 9 rings (SSSR count). The van der Waals surface area contributed by atoms with Gasteiger partial charge in [-0.05, 0) is 173 Å². The highest BCUT2D eigenvalue weighted by molar-refractivity contribution is 5.94. The number of hydrogen-bond acceptors (Lipinski definition) is 10. The van der Waals surface area contributed by atoms with E-state index in [1.807, 2.05) is 183 Å². The maximum atomic E-state index is 15.1. The van der Waals surface area contributed by atoms with Gasteiger partial charge in [0.15, 0.2) is 0 Å². The van der Waals surface area contributed by atoms with E-state index >= 15 is 4.79 Å². The molecule has 0 aliphatic carbocycles. The lowest BCUT2D eigenvalue weighted by atomic mass is 9.98. The van der Waals surface area contributed by atoms with Crippen LogP contribution in [0.4, 0.5) is 0 Å². The molecule has 3 aliphatic heterocycles. The van der Waals surface area contributed by atoms with Gasteiger partial charge in [-0.2, -0.15) is 0 Å². The Morgan fingerprint density at radius 2 is 1.00 bits per heavy atom. The first-order chi connectivity index (χ1) is 41.4. The van der Waals surface area contributed by atoms with Gasteiger partial charge < -0.3 is 41.4 Å². The number of amides is 6. The van der Waals surface area contributed by atoms with Gasteiger partial charge in [-0.15, -0.1) is 0 Å². The second-order valence-corrected chi connectivity index (χ2v) is 22.8. The minimum absolute atomic E-state index is 0.123. The first-order valence-electron chi connectivity index (χ1n) is 30.4. The maximum absolute atomic E-state index is 15.1. The number of likely N-dealkylation sites (N-methyl/N-ethyl adjacent to an activating group) is 2. The number of rotatable bonds is 16. The molecular formula is C69H82N8O8. The van der Waals surface area contributed by atoms with Crippen molar-refractivity contribution in [2.45, 2.75) is 140 Å². The molecule has 3 aliphatic rings. The standard InChI is InChI=1S/C69H82N8O8/c1-4-70-64(78)60-43-50-23-15-27-54(39-50)84-56-29-17-25-52(41-56)45-62(68(82)72-58(65(79)74-60)33-31-48-19-9-6-10-20-48)76(5-2)38-35-47(3)71-67(81)61-44-51-24-16-28-55(40-51)85-57-30-18-26-53(42-57)46-63(77-36-13-8-14-37-77)69(83)73-59(66(80)75-61)34-32-49-21-11-7-12-22-49/h6-7,9-12,15-30,39-42,47,58-63H,4-5,8,13-14,31-38,43-46H2,1-3H3,(H,70,78)(H,71,81)(H,72,82)(H,73,83)(H,74,79)(H,75,80)/t47?,58-,59-,60-,61-,62-,63-/m0/s1. The van der Waals surface area contributed by atoms with Crippen molar-refractivity contribution >= 4 is 35.4 Å². The van der Waals surface area contributed by atoms with Crippen molar-refractivity contribution in [3.63, 3.8) is 0 Å². The lowest BCUT2D eigenvalue weighted by molar-refractivity contribution is -0.134. The third-order valence-corrected chi connectivity index (χ3v) is 16.3. The number of nitrogens with zero attached hydrogens (tertiary/aromatic N) is 2. The van der Waals surface area contributed by atoms with Gasteiger partial charge in [-0.25, -0.2) is 0 Å². The Labute approximate surface area is 500 Å². The molecule has 0 saturated carbocycles. The Kier molecular flexibility index (Phi) is 21.9. The van der Waals surface area contributed by atoms with Crippen LogP contribution < -0.4 is 41.4 Å². The normalized spacial score (nSPS) is 21.1. The summed E-state index contributed by atoms with van der Waals surface area (Å²) >= 11 is 0. The fraction of sp³-hybridized carbons (Fsp3) is 0.391. The second kappa shape index (κ2) is 30.5. The number of piperidine rings is 1. The van der Waals surface area contributed by atoms with Crippen LogP contribution in [0.3, 0.4) is 0 Å². The van der Waals surface area contributed by atoms with Crippen LogP contribution in [0.5, 0.6) is 23.0 Å². The maximum Gasteiger partial charge on any atom is 0.243 e. The summed E-state index contributed by atoms with van der Waals surface area (Å²) < 4.78 is 12.8. The summed E-state index contributed by atoms with van der Waals surface area (Å²) in [4.78, 5) is 92.1. The number of hydrogen-bond donors (Lipinski definition) is 6. The van der Waals surface area contributed by atoms with Crippen LogP contribution >= 0.6 is 0 Å². The fourth-order valence-corrected chi connectivity index (χ4v) is 11.7. The number of aryl methyl sites for hydroxylation is 2. The summed E-state index contributed by atoms with van der Waals surface area (Å²) in [6.45, 7) is 8.40. The van der Waals surface area contributed by atoms with Crippen LogP contribution in [0.1, 0.15) is 92.7 Å². The van der Waals surface area contributed by atoms with Crippen LogP contribution in [0, 0.1) is 0 Å². The molecule has 6 aromatic rings. The molecule has 6 amide bonds. The molecule has 3 heterocycles. The summed E-state index contributed by atoms with van der Waals surface area (Å²) in [5, 5.41) is 18.5. The summed E-state index contributed by atoms with van der Waals surface area (Å²) in [5.41, 5.74) is 5.33. The molecule has 6 N–H and O–H groups in total. The van der Waals surface area contributed by atoms with Gasteiger partial charge in [0.2, 0.25) is 35.4 Å². The molecule has 1 saturated heterocycles. The van der Waals surface area contributed by atoms with Crippen LogP contribution in [-0.4, -0.2) is 120 Å². The van der Waals surface area contributed by atoms with Crippen molar-refractivity contribution in [3.8, 4) is 23.0 Å². The van der Waals surface area contributed by atoms with Crippen molar-refractivity contribution < 1.29 is 38.2 Å². The van der Waals surface area contributed by atoms with E-state index in [-0.39, 0.29) is 43.4 Å². The van der Waals surface area contributed by atoms with E-state index < -0.39 is 60.0 Å². The Bertz CT molecular complexity index is 3210. The molecule has 446 valence electrons. The monoisotopic (exact) mass is 1150 g/mol. The number of carbonyl (C=O) groups excluding carboxylic acids is 6. The van der Waals surface area contributed by atoms with Crippen LogP contribution in [0.2, 0.25) is 0 Å². The second-order valence-electron chi connectivity index (χ2n) is 22.8. The van der Waals surface area contributed by atoms with E-state index in [2.05, 4.69) is 36.8 Å². The molecular weight excluding hydrogens is 1070 g/mol. The first kappa shape index (κ1) is 61.2. The smallest absolute Gasteiger partial charge is 0.243 e. The van der Waals surface area contributed by atoms with Crippen molar-refractivity contribution in [1.82, 2.24) is 41.7 Å². The van der Waals surface area contributed by atoms with E-state index in [4.69, 9.17) is 9.47 Å². The van der Waals surface area contributed by atoms with Crippen LogP contribution in [0.15, 0.2) is 158 Å². The van der Waals surface area contributed by atoms with Crippen molar-refractivity contribution in [1.29, 1.82) is 0 Å². The highest BCUT2D eigenvalue weighted by Crippen LogP contribution is 2.28. The largest absolute Gasteiger partial charge is 0.457 e. The zero-order valence-corrected chi connectivity index (χ0v) is 49.2. The Balaban J connectivity index is 0.972. The number of nitrogens with one attached hydrogen (secondary N) is 6. The van der Waals surface area contributed by atoms with Crippen LogP contribution in [-0.2, 0) is 67.3 Å². The van der Waals surface area contributed by atoms with E-state index in [1.54, 1.807) is 0 Å². The molecule has 6 aromatic carbocycles. The summed E-state index contributed by atoms with van der Waals surface area (Å²) in [6, 6.07) is 44.3. The van der Waals surface area contributed by atoms with Gasteiger partial charge in [0.1, 0.15) is 47.2 Å². The number of benzene rings is 6. The molecule has 16 heteroatoms. The highest BCUT2D eigenvalue weighted by Gasteiger charge is 2.35. The zero-order chi connectivity index (χ0) is 59.5. The van der Waals surface area contributed by atoms with Gasteiger partial charge in [-0.3, -0.25) is 38.6 Å². The Hall–Kier alpha value is -8.34. The van der Waals surface area contributed by atoms with E-state index in [0.717, 1.165) is 65.7 Å².